The number of rotatable bonds is 4. The zero-order valence-corrected chi connectivity index (χ0v) is 9.74. The van der Waals surface area contributed by atoms with Crippen LogP contribution in [0, 0.1) is 5.92 Å². The molecule has 2 heterocycles. The minimum atomic E-state index is 0.879. The third-order valence-corrected chi connectivity index (χ3v) is 4.38. The summed E-state index contributed by atoms with van der Waals surface area (Å²) in [6, 6.07) is 0. The first kappa shape index (κ1) is 10.4. The number of hydrogen-bond donors (Lipinski definition) is 1. The summed E-state index contributed by atoms with van der Waals surface area (Å²) in [4.78, 5) is 0. The first-order chi connectivity index (χ1) is 6.95. The number of aromatic nitrogens is 2. The van der Waals surface area contributed by atoms with Crippen molar-refractivity contribution in [3.8, 4) is 0 Å². The number of thioether (sulfide) groups is 1. The highest BCUT2D eigenvalue weighted by atomic mass is 32.2. The van der Waals surface area contributed by atoms with E-state index in [0.717, 1.165) is 10.3 Å². The molecule has 1 aliphatic heterocycles. The largest absolute Gasteiger partial charge is 0.316 e. The van der Waals surface area contributed by atoms with Gasteiger partial charge in [0.05, 0.1) is 0 Å². The minimum absolute atomic E-state index is 0.879. The maximum Gasteiger partial charge on any atom is 0.174 e. The number of piperidine rings is 1. The normalized spacial score (nSPS) is 22.4. The van der Waals surface area contributed by atoms with Crippen molar-refractivity contribution >= 4 is 23.1 Å². The molecule has 1 atom stereocenters. The van der Waals surface area contributed by atoms with Gasteiger partial charge in [-0.2, -0.15) is 0 Å². The molecule has 1 aromatic rings. The second-order valence-electron chi connectivity index (χ2n) is 3.55. The summed E-state index contributed by atoms with van der Waals surface area (Å²) in [6.07, 6.45) is 4.04. The molecule has 1 saturated heterocycles. The van der Waals surface area contributed by atoms with E-state index < -0.39 is 0 Å². The molecule has 0 spiro atoms. The molecular weight excluding hydrogens is 214 g/mol. The highest BCUT2D eigenvalue weighted by molar-refractivity contribution is 8.00. The van der Waals surface area contributed by atoms with Crippen LogP contribution >= 0.6 is 23.1 Å². The van der Waals surface area contributed by atoms with Crippen molar-refractivity contribution in [1.82, 2.24) is 15.5 Å². The van der Waals surface area contributed by atoms with Gasteiger partial charge in [0, 0.05) is 5.75 Å². The molecular formula is C9H15N3S2. The van der Waals surface area contributed by atoms with Crippen LogP contribution in [0.3, 0.4) is 0 Å². The lowest BCUT2D eigenvalue weighted by molar-refractivity contribution is 0.371. The van der Waals surface area contributed by atoms with Crippen LogP contribution in [0.5, 0.6) is 0 Å². The predicted octanol–water partition coefficient (Wildman–Crippen LogP) is 2.02. The van der Waals surface area contributed by atoms with Gasteiger partial charge in [-0.1, -0.05) is 23.1 Å². The quantitative estimate of drug-likeness (QED) is 0.802. The summed E-state index contributed by atoms with van der Waals surface area (Å²) >= 11 is 3.47. The van der Waals surface area contributed by atoms with Gasteiger partial charge in [0.2, 0.25) is 0 Å². The van der Waals surface area contributed by atoms with Gasteiger partial charge < -0.3 is 5.32 Å². The summed E-state index contributed by atoms with van der Waals surface area (Å²) in [5.41, 5.74) is 1.80. The van der Waals surface area contributed by atoms with Crippen molar-refractivity contribution < 1.29 is 0 Å². The van der Waals surface area contributed by atoms with E-state index in [4.69, 9.17) is 0 Å². The van der Waals surface area contributed by atoms with Crippen molar-refractivity contribution in [2.45, 2.75) is 23.6 Å². The first-order valence-corrected chi connectivity index (χ1v) is 6.91. The lowest BCUT2D eigenvalue weighted by Gasteiger charge is -2.22. The Morgan fingerprint density at radius 1 is 1.64 bits per heavy atom. The van der Waals surface area contributed by atoms with Crippen LogP contribution in [0.25, 0.3) is 0 Å². The van der Waals surface area contributed by atoms with E-state index in [1.807, 2.05) is 11.8 Å². The number of nitrogens with one attached hydrogen (secondary N) is 1. The van der Waals surface area contributed by atoms with Gasteiger partial charge in [0.1, 0.15) is 5.51 Å². The van der Waals surface area contributed by atoms with Gasteiger partial charge in [-0.05, 0) is 38.3 Å². The smallest absolute Gasteiger partial charge is 0.174 e. The highest BCUT2D eigenvalue weighted by Gasteiger charge is 2.12. The Balaban J connectivity index is 1.62. The maximum atomic E-state index is 4.01. The fourth-order valence-corrected chi connectivity index (χ4v) is 3.37. The van der Waals surface area contributed by atoms with Crippen LogP contribution in [-0.2, 0) is 0 Å². The van der Waals surface area contributed by atoms with E-state index in [1.54, 1.807) is 16.8 Å². The molecule has 1 aliphatic rings. The Morgan fingerprint density at radius 2 is 2.64 bits per heavy atom. The standard InChI is InChI=1S/C9H15N3S2/c1-2-8(6-10-4-1)3-5-13-9-12-11-7-14-9/h7-8,10H,1-6H2. The van der Waals surface area contributed by atoms with E-state index in [1.165, 1.54) is 38.1 Å². The lowest BCUT2D eigenvalue weighted by atomic mass is 9.97. The molecule has 1 fully saturated rings. The van der Waals surface area contributed by atoms with Crippen molar-refractivity contribution in [1.29, 1.82) is 0 Å². The van der Waals surface area contributed by atoms with E-state index in [0.29, 0.717) is 0 Å². The van der Waals surface area contributed by atoms with Crippen molar-refractivity contribution in [3.05, 3.63) is 5.51 Å². The van der Waals surface area contributed by atoms with Crippen LogP contribution < -0.4 is 5.32 Å². The molecule has 0 bridgehead atoms. The van der Waals surface area contributed by atoms with E-state index in [-0.39, 0.29) is 0 Å². The molecule has 78 valence electrons. The van der Waals surface area contributed by atoms with Crippen molar-refractivity contribution in [2.75, 3.05) is 18.8 Å². The molecule has 1 unspecified atom stereocenters. The van der Waals surface area contributed by atoms with Crippen LogP contribution in [0.15, 0.2) is 9.85 Å². The lowest BCUT2D eigenvalue weighted by Crippen LogP contribution is -2.29. The first-order valence-electron chi connectivity index (χ1n) is 5.05. The maximum absolute atomic E-state index is 4.01. The summed E-state index contributed by atoms with van der Waals surface area (Å²) < 4.78 is 1.11. The molecule has 0 aliphatic carbocycles. The van der Waals surface area contributed by atoms with Crippen LogP contribution in [0.4, 0.5) is 0 Å². The monoisotopic (exact) mass is 229 g/mol. The molecule has 2 rings (SSSR count). The SMILES string of the molecule is c1nnc(SCCC2CCCNC2)s1. The summed E-state index contributed by atoms with van der Waals surface area (Å²) in [7, 11) is 0. The molecule has 0 aromatic carbocycles. The second-order valence-corrected chi connectivity index (χ2v) is 5.73. The minimum Gasteiger partial charge on any atom is -0.316 e. The van der Waals surface area contributed by atoms with Crippen LogP contribution in [-0.4, -0.2) is 29.0 Å². The third kappa shape index (κ3) is 3.22. The summed E-state index contributed by atoms with van der Waals surface area (Å²) in [5.74, 6) is 2.06. The van der Waals surface area contributed by atoms with Crippen molar-refractivity contribution in [2.24, 2.45) is 5.92 Å². The van der Waals surface area contributed by atoms with Crippen LogP contribution in [0.2, 0.25) is 0 Å². The molecule has 3 nitrogen and oxygen atoms in total. The summed E-state index contributed by atoms with van der Waals surface area (Å²) in [5, 5.41) is 11.3. The zero-order valence-electron chi connectivity index (χ0n) is 8.11. The molecule has 1 aromatic heterocycles. The third-order valence-electron chi connectivity index (χ3n) is 2.49. The Labute approximate surface area is 92.7 Å². The Morgan fingerprint density at radius 3 is 3.36 bits per heavy atom. The Bertz CT molecular complexity index is 245. The Kier molecular flexibility index (Phi) is 4.21. The van der Waals surface area contributed by atoms with Gasteiger partial charge >= 0.3 is 0 Å². The topological polar surface area (TPSA) is 37.8 Å². The highest BCUT2D eigenvalue weighted by Crippen LogP contribution is 2.23. The molecule has 0 radical (unpaired) electrons. The van der Waals surface area contributed by atoms with Gasteiger partial charge in [0.15, 0.2) is 4.34 Å². The molecule has 1 N–H and O–H groups in total. The van der Waals surface area contributed by atoms with E-state index >= 15 is 0 Å². The van der Waals surface area contributed by atoms with Crippen LogP contribution in [0.1, 0.15) is 19.3 Å². The number of nitrogens with zero attached hydrogens (tertiary/aromatic N) is 2. The number of hydrogen-bond acceptors (Lipinski definition) is 5. The average Bonchev–Trinajstić information content (AvgIpc) is 2.72. The van der Waals surface area contributed by atoms with Gasteiger partial charge in [-0.15, -0.1) is 10.2 Å². The fourth-order valence-electron chi connectivity index (χ4n) is 1.71. The fraction of sp³-hybridized carbons (Fsp3) is 0.778. The van der Waals surface area contributed by atoms with E-state index in [9.17, 15) is 0 Å². The molecule has 0 amide bonds. The second kappa shape index (κ2) is 5.68. The Hall–Kier alpha value is -0.130. The van der Waals surface area contributed by atoms with E-state index in [2.05, 4.69) is 15.5 Å². The average molecular weight is 229 g/mol. The molecule has 5 heteroatoms. The predicted molar refractivity (Wildman–Crippen MR) is 60.8 cm³/mol. The molecule has 14 heavy (non-hydrogen) atoms. The van der Waals surface area contributed by atoms with Gasteiger partial charge in [-0.3, -0.25) is 0 Å². The van der Waals surface area contributed by atoms with Gasteiger partial charge in [0.25, 0.3) is 0 Å². The van der Waals surface area contributed by atoms with Crippen molar-refractivity contribution in [3.63, 3.8) is 0 Å². The molecule has 0 saturated carbocycles. The van der Waals surface area contributed by atoms with Gasteiger partial charge in [-0.25, -0.2) is 0 Å². The zero-order chi connectivity index (χ0) is 9.64. The summed E-state index contributed by atoms with van der Waals surface area (Å²) in [6.45, 7) is 2.41.